The van der Waals surface area contributed by atoms with Gasteiger partial charge in [0.1, 0.15) is 0 Å². The van der Waals surface area contributed by atoms with E-state index >= 15 is 0 Å². The Hall–Kier alpha value is 0.790. The number of hydrogen-bond acceptors (Lipinski definition) is 1. The van der Waals surface area contributed by atoms with E-state index in [1.165, 1.54) is 0 Å². The van der Waals surface area contributed by atoms with Crippen LogP contribution in [0.1, 0.15) is 6.42 Å². The quantitative estimate of drug-likeness (QED) is 0.438. The average molecular weight is 182 g/mol. The first-order valence-corrected chi connectivity index (χ1v) is 1.82. The van der Waals surface area contributed by atoms with Crippen molar-refractivity contribution in [3.63, 3.8) is 0 Å². The Bertz CT molecular complexity index is 22.0. The Morgan fingerprint density at radius 1 is 1.12 bits per heavy atom. The number of rotatable bonds is 2. The third-order valence-corrected chi connectivity index (χ3v) is 0.408. The lowest BCUT2D eigenvalue weighted by Crippen LogP contribution is -3.00. The minimum Gasteiger partial charge on any atom is -1.00 e. The Morgan fingerprint density at radius 3 is 1.50 bits per heavy atom. The fraction of sp³-hybridized carbons (Fsp3) is 1.00. The minimum absolute atomic E-state index is 0. The van der Waals surface area contributed by atoms with Gasteiger partial charge >= 0.3 is 0 Å². The normalized spacial score (nSPS) is 5.25. The van der Waals surface area contributed by atoms with Gasteiger partial charge in [-0.3, -0.25) is 0 Å². The molecule has 0 aliphatic heterocycles. The smallest absolute Gasteiger partial charge is 0.0762 e. The van der Waals surface area contributed by atoms with E-state index in [1.807, 2.05) is 0 Å². The monoisotopic (exact) mass is 181 g/mol. The van der Waals surface area contributed by atoms with Crippen molar-refractivity contribution < 1.29 is 48.1 Å². The summed E-state index contributed by atoms with van der Waals surface area (Å²) < 4.78 is 0. The zero-order chi connectivity index (χ0) is 4.12. The van der Waals surface area contributed by atoms with E-state index in [-0.39, 0.29) is 43.8 Å². The highest BCUT2D eigenvalue weighted by Crippen LogP contribution is 1.60. The fourth-order valence-corrected chi connectivity index (χ4v) is 0.112. The van der Waals surface area contributed by atoms with Gasteiger partial charge in [-0.25, -0.2) is 0 Å². The van der Waals surface area contributed by atoms with Gasteiger partial charge < -0.3 is 48.1 Å². The molecule has 2 nitrogen and oxygen atoms in total. The van der Waals surface area contributed by atoms with Gasteiger partial charge in [0.05, 0.1) is 6.54 Å². The van der Waals surface area contributed by atoms with Crippen LogP contribution in [0.15, 0.2) is 0 Å². The summed E-state index contributed by atoms with van der Waals surface area (Å²) in [6, 6.07) is 0. The maximum atomic E-state index is 8.03. The second-order valence-corrected chi connectivity index (χ2v) is 0.931. The van der Waals surface area contributed by atoms with E-state index in [4.69, 9.17) is 5.11 Å². The minimum atomic E-state index is 0. The van der Waals surface area contributed by atoms with Crippen LogP contribution in [0.25, 0.3) is 0 Å². The largest absolute Gasteiger partial charge is 1.00 e. The SMILES string of the molecule is [Cl-].[Cl-].[Cl-].[NH3+]CCCO. The van der Waals surface area contributed by atoms with Crippen LogP contribution in [0.3, 0.4) is 0 Å². The maximum Gasteiger partial charge on any atom is 0.0762 e. The number of halogens is 3. The summed E-state index contributed by atoms with van der Waals surface area (Å²) in [5, 5.41) is 8.03. The summed E-state index contributed by atoms with van der Waals surface area (Å²) in [4.78, 5) is 0. The van der Waals surface area contributed by atoms with E-state index in [2.05, 4.69) is 5.73 Å². The summed E-state index contributed by atoms with van der Waals surface area (Å²) >= 11 is 0. The van der Waals surface area contributed by atoms with Gasteiger partial charge in [0.15, 0.2) is 0 Å². The molecule has 0 saturated heterocycles. The highest BCUT2D eigenvalue weighted by molar-refractivity contribution is 4.20. The highest BCUT2D eigenvalue weighted by atomic mass is 35.5. The van der Waals surface area contributed by atoms with Gasteiger partial charge in [0.25, 0.3) is 0 Å². The van der Waals surface area contributed by atoms with Gasteiger partial charge in [0.2, 0.25) is 0 Å². The first kappa shape index (κ1) is 23.2. The second-order valence-electron chi connectivity index (χ2n) is 0.931. The Morgan fingerprint density at radius 2 is 1.50 bits per heavy atom. The molecule has 0 fully saturated rings. The maximum absolute atomic E-state index is 8.03. The van der Waals surface area contributed by atoms with Crippen LogP contribution in [-0.4, -0.2) is 18.3 Å². The lowest BCUT2D eigenvalue weighted by atomic mass is 10.5. The molecule has 0 atom stereocenters. The summed E-state index contributed by atoms with van der Waals surface area (Å²) in [5.74, 6) is 0. The highest BCUT2D eigenvalue weighted by Gasteiger charge is 1.72. The molecule has 0 rings (SSSR count). The molecule has 0 heterocycles. The molecule has 8 heavy (non-hydrogen) atoms. The van der Waals surface area contributed by atoms with Crippen molar-refractivity contribution in [1.29, 1.82) is 0 Å². The van der Waals surface area contributed by atoms with Gasteiger partial charge in [-0.15, -0.1) is 0 Å². The van der Waals surface area contributed by atoms with Crippen molar-refractivity contribution in [1.82, 2.24) is 0 Å². The molecule has 5 heteroatoms. The van der Waals surface area contributed by atoms with Gasteiger partial charge in [-0.2, -0.15) is 0 Å². The molecule has 0 radical (unpaired) electrons. The molecule has 0 amide bonds. The molecular formula is C3H10Cl3NO-2. The van der Waals surface area contributed by atoms with Crippen LogP contribution < -0.4 is 43.0 Å². The summed E-state index contributed by atoms with van der Waals surface area (Å²) in [7, 11) is 0. The van der Waals surface area contributed by atoms with Crippen molar-refractivity contribution in [2.45, 2.75) is 6.42 Å². The van der Waals surface area contributed by atoms with Crippen molar-refractivity contribution in [2.24, 2.45) is 0 Å². The lowest BCUT2D eigenvalue weighted by molar-refractivity contribution is -0.369. The molecule has 56 valence electrons. The lowest BCUT2D eigenvalue weighted by Gasteiger charge is -1.77. The zero-order valence-electron chi connectivity index (χ0n) is 4.41. The number of hydrogen-bond donors (Lipinski definition) is 2. The van der Waals surface area contributed by atoms with Crippen LogP contribution in [0, 0.1) is 0 Å². The second kappa shape index (κ2) is 25.0. The van der Waals surface area contributed by atoms with Crippen molar-refractivity contribution in [2.75, 3.05) is 13.2 Å². The molecule has 0 aliphatic rings. The van der Waals surface area contributed by atoms with E-state index in [9.17, 15) is 0 Å². The summed E-state index contributed by atoms with van der Waals surface area (Å²) in [6.45, 7) is 1.12. The molecule has 0 aromatic carbocycles. The Balaban J connectivity index is -0.0000000267. The molecular weight excluding hydrogens is 172 g/mol. The van der Waals surface area contributed by atoms with Crippen LogP contribution in [-0.2, 0) is 0 Å². The van der Waals surface area contributed by atoms with Gasteiger partial charge in [-0.05, 0) is 0 Å². The molecule has 0 aromatic heterocycles. The van der Waals surface area contributed by atoms with Crippen molar-refractivity contribution in [3.8, 4) is 0 Å². The van der Waals surface area contributed by atoms with E-state index in [1.54, 1.807) is 0 Å². The predicted molar refractivity (Wildman–Crippen MR) is 19.5 cm³/mol. The Kier molecular flexibility index (Phi) is 72.7. The molecule has 0 saturated carbocycles. The molecule has 0 aromatic rings. The molecule has 0 bridgehead atoms. The third kappa shape index (κ3) is 29.2. The van der Waals surface area contributed by atoms with E-state index < -0.39 is 0 Å². The van der Waals surface area contributed by atoms with Crippen molar-refractivity contribution in [3.05, 3.63) is 0 Å². The van der Waals surface area contributed by atoms with Gasteiger partial charge in [0, 0.05) is 13.0 Å². The summed E-state index contributed by atoms with van der Waals surface area (Å²) in [6.07, 6.45) is 0.833. The molecule has 0 unspecified atom stereocenters. The topological polar surface area (TPSA) is 47.9 Å². The van der Waals surface area contributed by atoms with Crippen molar-refractivity contribution >= 4 is 0 Å². The first-order chi connectivity index (χ1) is 2.41. The molecule has 4 N–H and O–H groups in total. The number of aliphatic hydroxyl groups is 1. The summed E-state index contributed by atoms with van der Waals surface area (Å²) in [5.41, 5.74) is 3.52. The van der Waals surface area contributed by atoms with E-state index in [0.717, 1.165) is 13.0 Å². The number of aliphatic hydroxyl groups excluding tert-OH is 1. The predicted octanol–water partition coefficient (Wildman–Crippen LogP) is -10.4. The molecule has 0 spiro atoms. The number of quaternary nitrogens is 1. The fourth-order valence-electron chi connectivity index (χ4n) is 0.112. The van der Waals surface area contributed by atoms with Crippen LogP contribution in [0.2, 0.25) is 0 Å². The van der Waals surface area contributed by atoms with E-state index in [0.29, 0.717) is 0 Å². The van der Waals surface area contributed by atoms with Gasteiger partial charge in [-0.1, -0.05) is 0 Å². The van der Waals surface area contributed by atoms with Crippen LogP contribution in [0.4, 0.5) is 0 Å². The standard InChI is InChI=1S/C3H9NO.3ClH/c4-2-1-3-5;;;/h5H,1-4H2;3*1H/p-2. The third-order valence-electron chi connectivity index (χ3n) is 0.408. The Labute approximate surface area is 68.1 Å². The van der Waals surface area contributed by atoms with Crippen LogP contribution in [0.5, 0.6) is 0 Å². The zero-order valence-corrected chi connectivity index (χ0v) is 6.68. The first-order valence-electron chi connectivity index (χ1n) is 1.82. The average Bonchev–Trinajstić information content (AvgIpc) is 1.41. The van der Waals surface area contributed by atoms with Crippen LogP contribution >= 0.6 is 0 Å². The molecule has 0 aliphatic carbocycles.